The fourth-order valence-corrected chi connectivity index (χ4v) is 2.14. The summed E-state index contributed by atoms with van der Waals surface area (Å²) in [6.45, 7) is 4.84. The second-order valence-electron chi connectivity index (χ2n) is 5.02. The molecule has 19 heavy (non-hydrogen) atoms. The molecule has 0 spiro atoms. The number of hydrogen-bond acceptors (Lipinski definition) is 3. The van der Waals surface area contributed by atoms with Crippen molar-refractivity contribution in [3.8, 4) is 0 Å². The lowest BCUT2D eigenvalue weighted by Crippen LogP contribution is -2.29. The van der Waals surface area contributed by atoms with Crippen LogP contribution in [0.2, 0.25) is 0 Å². The molecule has 1 heterocycles. The summed E-state index contributed by atoms with van der Waals surface area (Å²) in [5, 5.41) is 9.23. The zero-order valence-electron chi connectivity index (χ0n) is 11.3. The minimum Gasteiger partial charge on any atom is -0.396 e. The lowest BCUT2D eigenvalue weighted by Gasteiger charge is -2.24. The molecule has 0 amide bonds. The Balaban J connectivity index is 2.01. The zero-order chi connectivity index (χ0) is 13.5. The molecule has 4 heteroatoms. The SMILES string of the molecule is C[C@H](CO)CN(Cc1ccccc1)Cc1cnc[nH]1. The number of aliphatic hydroxyl groups is 1. The van der Waals surface area contributed by atoms with Crippen molar-refractivity contribution in [1.82, 2.24) is 14.9 Å². The van der Waals surface area contributed by atoms with Crippen LogP contribution in [0.25, 0.3) is 0 Å². The Labute approximate surface area is 114 Å². The Morgan fingerprint density at radius 1 is 1.26 bits per heavy atom. The van der Waals surface area contributed by atoms with Gasteiger partial charge in [0.1, 0.15) is 0 Å². The third kappa shape index (κ3) is 4.50. The number of benzene rings is 1. The van der Waals surface area contributed by atoms with Gasteiger partial charge in [0.05, 0.1) is 6.33 Å². The fourth-order valence-electron chi connectivity index (χ4n) is 2.14. The maximum Gasteiger partial charge on any atom is 0.0922 e. The summed E-state index contributed by atoms with van der Waals surface area (Å²) in [5.74, 6) is 0.270. The molecular weight excluding hydrogens is 238 g/mol. The van der Waals surface area contributed by atoms with E-state index in [0.717, 1.165) is 25.3 Å². The van der Waals surface area contributed by atoms with Crippen LogP contribution in [0.3, 0.4) is 0 Å². The van der Waals surface area contributed by atoms with Crippen LogP contribution in [-0.2, 0) is 13.1 Å². The van der Waals surface area contributed by atoms with Gasteiger partial charge >= 0.3 is 0 Å². The van der Waals surface area contributed by atoms with Crippen molar-refractivity contribution in [1.29, 1.82) is 0 Å². The lowest BCUT2D eigenvalue weighted by molar-refractivity contribution is 0.162. The first-order valence-electron chi connectivity index (χ1n) is 6.62. The van der Waals surface area contributed by atoms with Crippen LogP contribution in [0.1, 0.15) is 18.2 Å². The minimum absolute atomic E-state index is 0.217. The number of H-pyrrole nitrogens is 1. The number of aliphatic hydroxyl groups excluding tert-OH is 1. The average Bonchev–Trinajstić information content (AvgIpc) is 2.92. The highest BCUT2D eigenvalue weighted by molar-refractivity contribution is 5.14. The maximum atomic E-state index is 9.23. The molecule has 4 nitrogen and oxygen atoms in total. The van der Waals surface area contributed by atoms with E-state index in [4.69, 9.17) is 0 Å². The van der Waals surface area contributed by atoms with Gasteiger partial charge in [-0.3, -0.25) is 4.90 Å². The van der Waals surface area contributed by atoms with E-state index in [2.05, 4.69) is 46.1 Å². The van der Waals surface area contributed by atoms with Gasteiger partial charge in [-0.15, -0.1) is 0 Å². The summed E-state index contributed by atoms with van der Waals surface area (Å²) < 4.78 is 0. The number of rotatable bonds is 7. The fraction of sp³-hybridized carbons (Fsp3) is 0.400. The highest BCUT2D eigenvalue weighted by atomic mass is 16.3. The van der Waals surface area contributed by atoms with Crippen molar-refractivity contribution in [2.45, 2.75) is 20.0 Å². The van der Waals surface area contributed by atoms with Crippen LogP contribution in [0, 0.1) is 5.92 Å². The number of nitrogens with zero attached hydrogens (tertiary/aromatic N) is 2. The van der Waals surface area contributed by atoms with E-state index in [1.807, 2.05) is 12.3 Å². The van der Waals surface area contributed by atoms with Crippen LogP contribution in [0.5, 0.6) is 0 Å². The molecule has 2 rings (SSSR count). The Morgan fingerprint density at radius 3 is 2.68 bits per heavy atom. The van der Waals surface area contributed by atoms with Crippen LogP contribution in [-0.4, -0.2) is 33.1 Å². The van der Waals surface area contributed by atoms with Crippen LogP contribution < -0.4 is 0 Å². The largest absolute Gasteiger partial charge is 0.396 e. The molecule has 0 saturated carbocycles. The standard InChI is InChI=1S/C15H21N3O/c1-13(11-19)8-18(10-15-7-16-12-17-15)9-14-5-3-2-4-6-14/h2-7,12-13,19H,8-11H2,1H3,(H,16,17)/t13-/m0/s1. The van der Waals surface area contributed by atoms with Gasteiger partial charge in [-0.2, -0.15) is 0 Å². The van der Waals surface area contributed by atoms with Crippen molar-refractivity contribution in [2.24, 2.45) is 5.92 Å². The average molecular weight is 259 g/mol. The van der Waals surface area contributed by atoms with Gasteiger partial charge in [-0.25, -0.2) is 4.98 Å². The van der Waals surface area contributed by atoms with E-state index >= 15 is 0 Å². The third-order valence-electron chi connectivity index (χ3n) is 3.08. The number of imidazole rings is 1. The van der Waals surface area contributed by atoms with Crippen molar-refractivity contribution >= 4 is 0 Å². The topological polar surface area (TPSA) is 52.1 Å². The summed E-state index contributed by atoms with van der Waals surface area (Å²) in [6.07, 6.45) is 3.55. The Bertz CT molecular complexity index is 456. The first kappa shape index (κ1) is 13.8. The maximum absolute atomic E-state index is 9.23. The van der Waals surface area contributed by atoms with E-state index in [0.29, 0.717) is 0 Å². The molecule has 1 aromatic heterocycles. The van der Waals surface area contributed by atoms with Gasteiger partial charge in [0.15, 0.2) is 0 Å². The smallest absolute Gasteiger partial charge is 0.0922 e. The molecule has 0 fully saturated rings. The van der Waals surface area contributed by atoms with Gasteiger partial charge in [0.2, 0.25) is 0 Å². The second kappa shape index (κ2) is 7.07. The van der Waals surface area contributed by atoms with E-state index in [1.54, 1.807) is 6.33 Å². The first-order chi connectivity index (χ1) is 9.28. The lowest BCUT2D eigenvalue weighted by atomic mass is 10.1. The van der Waals surface area contributed by atoms with Crippen LogP contribution >= 0.6 is 0 Å². The van der Waals surface area contributed by atoms with Gasteiger partial charge in [0, 0.05) is 38.1 Å². The molecule has 0 radical (unpaired) electrons. The summed E-state index contributed by atoms with van der Waals surface area (Å²) in [5.41, 5.74) is 2.38. The highest BCUT2D eigenvalue weighted by Gasteiger charge is 2.11. The van der Waals surface area contributed by atoms with Crippen molar-refractivity contribution in [3.63, 3.8) is 0 Å². The molecule has 0 aliphatic carbocycles. The molecule has 1 aromatic carbocycles. The summed E-state index contributed by atoms with van der Waals surface area (Å²) in [4.78, 5) is 9.50. The van der Waals surface area contributed by atoms with E-state index in [1.165, 1.54) is 5.56 Å². The number of aromatic nitrogens is 2. The van der Waals surface area contributed by atoms with Gasteiger partial charge < -0.3 is 10.1 Å². The molecule has 0 aliphatic heterocycles. The predicted molar refractivity (Wildman–Crippen MR) is 75.4 cm³/mol. The summed E-state index contributed by atoms with van der Waals surface area (Å²) in [6, 6.07) is 10.4. The molecule has 0 saturated heterocycles. The monoisotopic (exact) mass is 259 g/mol. The molecule has 1 atom stereocenters. The quantitative estimate of drug-likeness (QED) is 0.800. The number of nitrogens with one attached hydrogen (secondary N) is 1. The molecule has 0 aliphatic rings. The highest BCUT2D eigenvalue weighted by Crippen LogP contribution is 2.10. The van der Waals surface area contributed by atoms with Crippen LogP contribution in [0.4, 0.5) is 0 Å². The van der Waals surface area contributed by atoms with Gasteiger partial charge in [-0.1, -0.05) is 37.3 Å². The van der Waals surface area contributed by atoms with Gasteiger partial charge in [0.25, 0.3) is 0 Å². The van der Waals surface area contributed by atoms with Crippen molar-refractivity contribution in [3.05, 3.63) is 54.1 Å². The second-order valence-corrected chi connectivity index (χ2v) is 5.02. The van der Waals surface area contributed by atoms with Gasteiger partial charge in [-0.05, 0) is 11.5 Å². The van der Waals surface area contributed by atoms with Crippen molar-refractivity contribution < 1.29 is 5.11 Å². The Morgan fingerprint density at radius 2 is 2.05 bits per heavy atom. The molecular formula is C15H21N3O. The van der Waals surface area contributed by atoms with Crippen molar-refractivity contribution in [2.75, 3.05) is 13.2 Å². The normalized spacial score (nSPS) is 12.8. The molecule has 0 bridgehead atoms. The Hall–Kier alpha value is -1.65. The van der Waals surface area contributed by atoms with E-state index < -0.39 is 0 Å². The summed E-state index contributed by atoms with van der Waals surface area (Å²) >= 11 is 0. The number of hydrogen-bond donors (Lipinski definition) is 2. The molecule has 2 N–H and O–H groups in total. The molecule has 0 unspecified atom stereocenters. The molecule has 2 aromatic rings. The first-order valence-corrected chi connectivity index (χ1v) is 6.62. The predicted octanol–water partition coefficient (Wildman–Crippen LogP) is 2.04. The third-order valence-corrected chi connectivity index (χ3v) is 3.08. The van der Waals surface area contributed by atoms with E-state index in [-0.39, 0.29) is 12.5 Å². The van der Waals surface area contributed by atoms with E-state index in [9.17, 15) is 5.11 Å². The summed E-state index contributed by atoms with van der Waals surface area (Å²) in [7, 11) is 0. The number of aromatic amines is 1. The minimum atomic E-state index is 0.217. The Kier molecular flexibility index (Phi) is 5.12. The zero-order valence-corrected chi connectivity index (χ0v) is 11.3. The van der Waals surface area contributed by atoms with Crippen LogP contribution in [0.15, 0.2) is 42.9 Å². The molecule has 102 valence electrons.